The van der Waals surface area contributed by atoms with Gasteiger partial charge in [0.05, 0.1) is 0 Å². The molecule has 4 aromatic rings. The number of rotatable bonds is 1. The average Bonchev–Trinajstić information content (AvgIpc) is 2.92. The Morgan fingerprint density at radius 3 is 3.00 bits per heavy atom. The Kier molecular flexibility index (Phi) is 2.39. The summed E-state index contributed by atoms with van der Waals surface area (Å²) >= 11 is 6.31. The first-order valence-corrected chi connectivity index (χ1v) is 7.89. The number of hydrogen-bond acceptors (Lipinski definition) is 2. The summed E-state index contributed by atoms with van der Waals surface area (Å²) in [7, 11) is 1.67. The quantitative estimate of drug-likeness (QED) is 0.499. The molecule has 3 aromatic heterocycles. The van der Waals surface area contributed by atoms with Crippen molar-refractivity contribution in [1.29, 1.82) is 0 Å². The summed E-state index contributed by atoms with van der Waals surface area (Å²) < 4.78 is 9.98. The standard InChI is InChI=1S/C14H9ClN2OSe/c1-18-9-4-5-17-12(7-9)16-13-10-3-2-8(15)6-11(10)19-14(13)17/h2-7H,1H3. The Morgan fingerprint density at radius 2 is 2.16 bits per heavy atom. The van der Waals surface area contributed by atoms with Crippen LogP contribution in [0.3, 0.4) is 0 Å². The van der Waals surface area contributed by atoms with Gasteiger partial charge in [-0.05, 0) is 0 Å². The second-order valence-corrected chi connectivity index (χ2v) is 6.90. The molecule has 19 heavy (non-hydrogen) atoms. The van der Waals surface area contributed by atoms with Gasteiger partial charge in [-0.25, -0.2) is 0 Å². The van der Waals surface area contributed by atoms with Gasteiger partial charge in [0.1, 0.15) is 0 Å². The Labute approximate surface area is 120 Å². The summed E-state index contributed by atoms with van der Waals surface area (Å²) in [5, 5.41) is 2.00. The van der Waals surface area contributed by atoms with E-state index in [2.05, 4.69) is 16.5 Å². The van der Waals surface area contributed by atoms with E-state index in [4.69, 9.17) is 21.3 Å². The number of pyridine rings is 1. The molecule has 94 valence electrons. The second kappa shape index (κ2) is 4.00. The SMILES string of the molecule is COc1ccn2c(c1)nc1c3ccc(Cl)cc3[se]c12. The van der Waals surface area contributed by atoms with Crippen LogP contribution in [0.2, 0.25) is 5.02 Å². The maximum absolute atomic E-state index is 6.06. The first-order chi connectivity index (χ1) is 9.26. The van der Waals surface area contributed by atoms with Crippen molar-refractivity contribution in [3.05, 3.63) is 41.6 Å². The summed E-state index contributed by atoms with van der Waals surface area (Å²) in [4.78, 5) is 4.73. The zero-order valence-electron chi connectivity index (χ0n) is 10.1. The van der Waals surface area contributed by atoms with E-state index in [0.717, 1.165) is 21.9 Å². The summed E-state index contributed by atoms with van der Waals surface area (Å²) in [5.41, 5.74) is 2.02. The summed E-state index contributed by atoms with van der Waals surface area (Å²) in [6.07, 6.45) is 2.02. The molecule has 0 atom stereocenters. The molecule has 4 rings (SSSR count). The molecular formula is C14H9ClN2OSe. The fourth-order valence-corrected chi connectivity index (χ4v) is 5.07. The second-order valence-electron chi connectivity index (χ2n) is 4.30. The Bertz CT molecular complexity index is 925. The molecule has 0 spiro atoms. The summed E-state index contributed by atoms with van der Waals surface area (Å²) in [6, 6.07) is 9.96. The van der Waals surface area contributed by atoms with Gasteiger partial charge in [-0.15, -0.1) is 0 Å². The van der Waals surface area contributed by atoms with Crippen LogP contribution in [0.5, 0.6) is 5.75 Å². The van der Waals surface area contributed by atoms with Crippen molar-refractivity contribution in [2.45, 2.75) is 0 Å². The van der Waals surface area contributed by atoms with Gasteiger partial charge in [-0.2, -0.15) is 0 Å². The third-order valence-corrected chi connectivity index (χ3v) is 5.82. The van der Waals surface area contributed by atoms with E-state index in [1.54, 1.807) is 7.11 Å². The molecule has 0 fully saturated rings. The fourth-order valence-electron chi connectivity index (χ4n) is 2.28. The molecule has 3 heterocycles. The molecule has 3 nitrogen and oxygen atoms in total. The first-order valence-electron chi connectivity index (χ1n) is 5.80. The van der Waals surface area contributed by atoms with Crippen molar-refractivity contribution in [2.75, 3.05) is 7.11 Å². The monoisotopic (exact) mass is 336 g/mol. The number of imidazole rings is 1. The number of halogens is 1. The molecule has 1 aromatic carbocycles. The molecule has 0 amide bonds. The number of aromatic nitrogens is 2. The van der Waals surface area contributed by atoms with Crippen LogP contribution in [-0.4, -0.2) is 31.0 Å². The van der Waals surface area contributed by atoms with Crippen molar-refractivity contribution < 1.29 is 4.74 Å². The van der Waals surface area contributed by atoms with Gasteiger partial charge in [0.2, 0.25) is 0 Å². The van der Waals surface area contributed by atoms with E-state index in [1.165, 1.54) is 14.0 Å². The van der Waals surface area contributed by atoms with Crippen LogP contribution in [0.4, 0.5) is 0 Å². The van der Waals surface area contributed by atoms with Crippen LogP contribution in [0, 0.1) is 0 Å². The first kappa shape index (κ1) is 11.4. The van der Waals surface area contributed by atoms with Gasteiger partial charge in [-0.3, -0.25) is 0 Å². The number of hydrogen-bond donors (Lipinski definition) is 0. The molecule has 0 saturated carbocycles. The molecule has 0 aliphatic carbocycles. The van der Waals surface area contributed by atoms with Crippen molar-refractivity contribution in [3.63, 3.8) is 0 Å². The van der Waals surface area contributed by atoms with E-state index in [0.29, 0.717) is 0 Å². The molecule has 0 bridgehead atoms. The van der Waals surface area contributed by atoms with Gasteiger partial charge in [0.15, 0.2) is 0 Å². The zero-order valence-corrected chi connectivity index (χ0v) is 12.5. The zero-order chi connectivity index (χ0) is 13.0. The Morgan fingerprint density at radius 1 is 1.26 bits per heavy atom. The van der Waals surface area contributed by atoms with E-state index in [-0.39, 0.29) is 14.5 Å². The van der Waals surface area contributed by atoms with Crippen molar-refractivity contribution in [1.82, 2.24) is 9.38 Å². The third-order valence-electron chi connectivity index (χ3n) is 3.19. The van der Waals surface area contributed by atoms with E-state index in [9.17, 15) is 0 Å². The van der Waals surface area contributed by atoms with Gasteiger partial charge in [0, 0.05) is 0 Å². The Hall–Kier alpha value is -1.48. The molecule has 0 radical (unpaired) electrons. The van der Waals surface area contributed by atoms with Crippen LogP contribution in [0.15, 0.2) is 36.5 Å². The maximum atomic E-state index is 6.06. The van der Waals surface area contributed by atoms with E-state index < -0.39 is 0 Å². The van der Waals surface area contributed by atoms with Crippen LogP contribution in [-0.2, 0) is 0 Å². The van der Waals surface area contributed by atoms with E-state index in [1.807, 2.05) is 24.4 Å². The summed E-state index contributed by atoms with van der Waals surface area (Å²) in [6.45, 7) is 0. The van der Waals surface area contributed by atoms with Crippen LogP contribution in [0.25, 0.3) is 25.2 Å². The number of fused-ring (bicyclic) bond motifs is 5. The molecule has 0 saturated heterocycles. The average molecular weight is 336 g/mol. The predicted molar refractivity (Wildman–Crippen MR) is 78.7 cm³/mol. The third kappa shape index (κ3) is 1.61. The molecule has 0 unspecified atom stereocenters. The van der Waals surface area contributed by atoms with Crippen molar-refractivity contribution in [3.8, 4) is 5.75 Å². The minimum atomic E-state index is 0.254. The van der Waals surface area contributed by atoms with Gasteiger partial charge < -0.3 is 0 Å². The number of methoxy groups -OCH3 is 1. The number of benzene rings is 1. The summed E-state index contributed by atoms with van der Waals surface area (Å²) in [5.74, 6) is 0.833. The van der Waals surface area contributed by atoms with Crippen LogP contribution in [0.1, 0.15) is 0 Å². The van der Waals surface area contributed by atoms with Gasteiger partial charge >= 0.3 is 120 Å². The molecule has 5 heteroatoms. The van der Waals surface area contributed by atoms with Crippen molar-refractivity contribution in [2.24, 2.45) is 0 Å². The molecule has 0 aliphatic heterocycles. The van der Waals surface area contributed by atoms with Crippen LogP contribution < -0.4 is 4.74 Å². The Balaban J connectivity index is 2.15. The van der Waals surface area contributed by atoms with Crippen LogP contribution >= 0.6 is 11.6 Å². The van der Waals surface area contributed by atoms with Crippen molar-refractivity contribution >= 4 is 51.3 Å². The molecular weight excluding hydrogens is 327 g/mol. The number of nitrogens with zero attached hydrogens (tertiary/aromatic N) is 2. The molecule has 0 aliphatic rings. The minimum absolute atomic E-state index is 0.254. The van der Waals surface area contributed by atoms with Gasteiger partial charge in [0.25, 0.3) is 0 Å². The molecule has 0 N–H and O–H groups in total. The predicted octanol–water partition coefficient (Wildman–Crippen LogP) is 3.36. The van der Waals surface area contributed by atoms with Gasteiger partial charge in [-0.1, -0.05) is 0 Å². The number of ether oxygens (including phenoxy) is 1. The van der Waals surface area contributed by atoms with E-state index >= 15 is 0 Å². The normalized spacial score (nSPS) is 11.7. The topological polar surface area (TPSA) is 26.5 Å². The fraction of sp³-hybridized carbons (Fsp3) is 0.0714.